The Balaban J connectivity index is 1.91. The van der Waals surface area contributed by atoms with Crippen molar-refractivity contribution in [3.05, 3.63) is 0 Å². The number of carbonyl (C=O) groups is 1. The Morgan fingerprint density at radius 1 is 1.33 bits per heavy atom. The van der Waals surface area contributed by atoms with Gasteiger partial charge in [-0.25, -0.2) is 0 Å². The average molecular weight is 211 g/mol. The van der Waals surface area contributed by atoms with Crippen LogP contribution in [0.15, 0.2) is 0 Å². The summed E-state index contributed by atoms with van der Waals surface area (Å²) in [5.41, 5.74) is -0.00736. The molecule has 1 saturated carbocycles. The van der Waals surface area contributed by atoms with Gasteiger partial charge >= 0.3 is 0 Å². The molecule has 0 spiro atoms. The maximum Gasteiger partial charge on any atom is 0.149 e. The lowest BCUT2D eigenvalue weighted by Crippen LogP contribution is -2.65. The van der Waals surface area contributed by atoms with Crippen LogP contribution >= 0.6 is 0 Å². The van der Waals surface area contributed by atoms with E-state index >= 15 is 0 Å². The zero-order valence-corrected chi connectivity index (χ0v) is 9.79. The first-order valence-electron chi connectivity index (χ1n) is 5.96. The van der Waals surface area contributed by atoms with Crippen molar-refractivity contribution in [2.24, 2.45) is 0 Å². The highest BCUT2D eigenvalue weighted by molar-refractivity contribution is 5.84. The topological polar surface area (TPSA) is 29.5 Å². The summed E-state index contributed by atoms with van der Waals surface area (Å²) in [6, 6.07) is 0.190. The highest BCUT2D eigenvalue weighted by Gasteiger charge is 2.43. The second kappa shape index (κ2) is 4.22. The summed E-state index contributed by atoms with van der Waals surface area (Å²) < 4.78 is 5.41. The van der Waals surface area contributed by atoms with Crippen LogP contribution in [0.2, 0.25) is 0 Å². The van der Waals surface area contributed by atoms with Crippen LogP contribution in [0, 0.1) is 0 Å². The van der Waals surface area contributed by atoms with E-state index in [-0.39, 0.29) is 11.6 Å². The molecule has 0 aromatic rings. The number of nitrogens with zero attached hydrogens (tertiary/aromatic N) is 1. The van der Waals surface area contributed by atoms with Gasteiger partial charge in [0.05, 0.1) is 11.6 Å². The Labute approximate surface area is 91.8 Å². The molecule has 0 radical (unpaired) electrons. The molecule has 2 fully saturated rings. The van der Waals surface area contributed by atoms with Gasteiger partial charge in [0.15, 0.2) is 0 Å². The van der Waals surface area contributed by atoms with E-state index in [0.29, 0.717) is 5.78 Å². The molecular formula is C12H21NO2. The van der Waals surface area contributed by atoms with Crippen molar-refractivity contribution in [2.45, 2.75) is 50.7 Å². The van der Waals surface area contributed by atoms with E-state index in [0.717, 1.165) is 32.4 Å². The molecule has 3 heteroatoms. The molecule has 1 heterocycles. The summed E-state index contributed by atoms with van der Waals surface area (Å²) in [4.78, 5) is 14.2. The third-order valence-electron chi connectivity index (χ3n) is 3.78. The highest BCUT2D eigenvalue weighted by atomic mass is 16.5. The highest BCUT2D eigenvalue weighted by Crippen LogP contribution is 2.30. The number of carbonyl (C=O) groups excluding carboxylic acids is 1. The number of methoxy groups -OCH3 is 1. The first-order chi connectivity index (χ1) is 7.14. The second-order valence-corrected chi connectivity index (χ2v) is 5.14. The number of Topliss-reactive ketones (excluding diaryl/α,β-unsaturated/α-hetero) is 1. The smallest absolute Gasteiger partial charge is 0.149 e. The molecule has 2 rings (SSSR count). The third-order valence-corrected chi connectivity index (χ3v) is 3.78. The molecule has 1 aliphatic carbocycles. The predicted molar refractivity (Wildman–Crippen MR) is 58.9 cm³/mol. The predicted octanol–water partition coefficient (Wildman–Crippen LogP) is 1.61. The summed E-state index contributed by atoms with van der Waals surface area (Å²) >= 11 is 0. The lowest BCUT2D eigenvalue weighted by Gasteiger charge is -2.49. The van der Waals surface area contributed by atoms with Crippen LogP contribution in [-0.4, -0.2) is 42.5 Å². The lowest BCUT2D eigenvalue weighted by molar-refractivity contribution is -0.145. The van der Waals surface area contributed by atoms with Crippen molar-refractivity contribution in [3.8, 4) is 0 Å². The molecule has 0 aromatic heterocycles. The van der Waals surface area contributed by atoms with E-state index in [4.69, 9.17) is 4.74 Å². The third kappa shape index (κ3) is 2.23. The van der Waals surface area contributed by atoms with Gasteiger partial charge in [0.2, 0.25) is 0 Å². The van der Waals surface area contributed by atoms with Gasteiger partial charge in [-0.1, -0.05) is 12.8 Å². The molecule has 3 nitrogen and oxygen atoms in total. The molecule has 0 bridgehead atoms. The van der Waals surface area contributed by atoms with Crippen molar-refractivity contribution < 1.29 is 9.53 Å². The molecule has 0 N–H and O–H groups in total. The maximum atomic E-state index is 11.9. The maximum absolute atomic E-state index is 11.9. The van der Waals surface area contributed by atoms with Crippen molar-refractivity contribution in [1.29, 1.82) is 0 Å². The SMILES string of the molecule is COC1(C)CN(C2CCCCCC2=O)C1. The van der Waals surface area contributed by atoms with Crippen LogP contribution in [0.1, 0.15) is 39.0 Å². The van der Waals surface area contributed by atoms with Gasteiger partial charge in [0, 0.05) is 26.6 Å². The van der Waals surface area contributed by atoms with Crippen molar-refractivity contribution >= 4 is 5.78 Å². The van der Waals surface area contributed by atoms with E-state index in [1.165, 1.54) is 12.8 Å². The van der Waals surface area contributed by atoms with Gasteiger partial charge in [-0.05, 0) is 19.8 Å². The molecule has 2 aliphatic rings. The molecular weight excluding hydrogens is 190 g/mol. The van der Waals surface area contributed by atoms with Crippen LogP contribution in [0.25, 0.3) is 0 Å². The Hall–Kier alpha value is -0.410. The number of hydrogen-bond donors (Lipinski definition) is 0. The number of hydrogen-bond acceptors (Lipinski definition) is 3. The lowest BCUT2D eigenvalue weighted by atomic mass is 9.91. The summed E-state index contributed by atoms with van der Waals surface area (Å²) in [5.74, 6) is 0.450. The van der Waals surface area contributed by atoms with Crippen LogP contribution in [-0.2, 0) is 9.53 Å². The first-order valence-corrected chi connectivity index (χ1v) is 5.96. The minimum atomic E-state index is -0.00736. The molecule has 1 unspecified atom stereocenters. The van der Waals surface area contributed by atoms with E-state index in [1.807, 2.05) is 0 Å². The van der Waals surface area contributed by atoms with Crippen molar-refractivity contribution in [3.63, 3.8) is 0 Å². The van der Waals surface area contributed by atoms with Gasteiger partial charge in [0.25, 0.3) is 0 Å². The average Bonchev–Trinajstić information content (AvgIpc) is 2.38. The van der Waals surface area contributed by atoms with E-state index < -0.39 is 0 Å². The summed E-state index contributed by atoms with van der Waals surface area (Å²) in [6.45, 7) is 3.95. The zero-order chi connectivity index (χ0) is 10.9. The van der Waals surface area contributed by atoms with Gasteiger partial charge in [0.1, 0.15) is 5.78 Å². The zero-order valence-electron chi connectivity index (χ0n) is 9.79. The minimum Gasteiger partial charge on any atom is -0.376 e. The van der Waals surface area contributed by atoms with E-state index in [9.17, 15) is 4.79 Å². The summed E-state index contributed by atoms with van der Waals surface area (Å²) in [7, 11) is 1.76. The number of likely N-dealkylation sites (tertiary alicyclic amines) is 1. The van der Waals surface area contributed by atoms with E-state index in [1.54, 1.807) is 7.11 Å². The summed E-state index contributed by atoms with van der Waals surface area (Å²) in [5, 5.41) is 0. The quantitative estimate of drug-likeness (QED) is 0.650. The van der Waals surface area contributed by atoms with Gasteiger partial charge in [-0.15, -0.1) is 0 Å². The largest absolute Gasteiger partial charge is 0.376 e. The van der Waals surface area contributed by atoms with Crippen LogP contribution in [0.3, 0.4) is 0 Å². The molecule has 15 heavy (non-hydrogen) atoms. The van der Waals surface area contributed by atoms with E-state index in [2.05, 4.69) is 11.8 Å². The van der Waals surface area contributed by atoms with Crippen LogP contribution in [0.4, 0.5) is 0 Å². The fourth-order valence-corrected chi connectivity index (χ4v) is 2.69. The molecule has 1 aliphatic heterocycles. The fraction of sp³-hybridized carbons (Fsp3) is 0.917. The van der Waals surface area contributed by atoms with Crippen molar-refractivity contribution in [1.82, 2.24) is 4.90 Å². The molecule has 0 amide bonds. The Morgan fingerprint density at radius 3 is 2.73 bits per heavy atom. The number of ether oxygens (including phenoxy) is 1. The van der Waals surface area contributed by atoms with Gasteiger partial charge in [-0.3, -0.25) is 9.69 Å². The fourth-order valence-electron chi connectivity index (χ4n) is 2.69. The Morgan fingerprint density at radius 2 is 2.07 bits per heavy atom. The van der Waals surface area contributed by atoms with Gasteiger partial charge < -0.3 is 4.74 Å². The number of rotatable bonds is 2. The molecule has 86 valence electrons. The van der Waals surface area contributed by atoms with Crippen LogP contribution < -0.4 is 0 Å². The first kappa shape index (κ1) is 11.1. The molecule has 1 saturated heterocycles. The Bertz CT molecular complexity index is 246. The minimum absolute atomic E-state index is 0.00736. The standard InChI is InChI=1S/C12H21NO2/c1-12(15-2)8-13(9-12)10-6-4-3-5-7-11(10)14/h10H,3-9H2,1-2H3. The Kier molecular flexibility index (Phi) is 3.12. The van der Waals surface area contributed by atoms with Gasteiger partial charge in [-0.2, -0.15) is 0 Å². The van der Waals surface area contributed by atoms with Crippen LogP contribution in [0.5, 0.6) is 0 Å². The van der Waals surface area contributed by atoms with Crippen molar-refractivity contribution in [2.75, 3.05) is 20.2 Å². The second-order valence-electron chi connectivity index (χ2n) is 5.14. The number of ketones is 1. The summed E-state index contributed by atoms with van der Waals surface area (Å²) in [6.07, 6.45) is 5.35. The monoisotopic (exact) mass is 211 g/mol. The molecule has 1 atom stereocenters. The molecule has 0 aromatic carbocycles. The normalized spacial score (nSPS) is 32.1.